The van der Waals surface area contributed by atoms with Gasteiger partial charge in [-0.25, -0.2) is 4.90 Å². The lowest BCUT2D eigenvalue weighted by Gasteiger charge is -2.32. The van der Waals surface area contributed by atoms with Crippen LogP contribution in [0.15, 0.2) is 89.9 Å². The maximum atomic E-state index is 13.8. The summed E-state index contributed by atoms with van der Waals surface area (Å²) in [5.41, 5.74) is 4.73. The van der Waals surface area contributed by atoms with Gasteiger partial charge in [0, 0.05) is 59.4 Å². The molecule has 38 heavy (non-hydrogen) atoms. The normalized spacial score (nSPS) is 16.2. The van der Waals surface area contributed by atoms with E-state index in [1.807, 2.05) is 86.7 Å². The van der Waals surface area contributed by atoms with E-state index < -0.39 is 11.7 Å². The number of carbonyl (C=O) groups is 1. The molecule has 2 unspecified atom stereocenters. The van der Waals surface area contributed by atoms with E-state index in [2.05, 4.69) is 28.4 Å². The number of hydrogen-bond acceptors (Lipinski definition) is 6. The molecule has 4 aromatic rings. The van der Waals surface area contributed by atoms with E-state index in [1.165, 1.54) is 0 Å². The molecule has 0 saturated heterocycles. The number of rotatable bonds is 6. The van der Waals surface area contributed by atoms with Crippen LogP contribution in [0.25, 0.3) is 10.8 Å². The highest BCUT2D eigenvalue weighted by Crippen LogP contribution is 2.34. The summed E-state index contributed by atoms with van der Waals surface area (Å²) in [5, 5.41) is 6.29. The third-order valence-electron chi connectivity index (χ3n) is 6.86. The fraction of sp³-hybridized carbons (Fsp3) is 0.200. The predicted molar refractivity (Wildman–Crippen MR) is 163 cm³/mol. The number of benzodiazepines with no additional fused rings is 1. The van der Waals surface area contributed by atoms with Crippen molar-refractivity contribution in [3.05, 3.63) is 101 Å². The number of carbonyl (C=O) groups excluding carboxylic acids is 1. The van der Waals surface area contributed by atoms with Gasteiger partial charge in [0.05, 0.1) is 11.4 Å². The van der Waals surface area contributed by atoms with Gasteiger partial charge in [0.2, 0.25) is 0 Å². The van der Waals surface area contributed by atoms with Crippen LogP contribution in [0, 0.1) is 0 Å². The number of amides is 1. The van der Waals surface area contributed by atoms with E-state index in [1.54, 1.807) is 18.0 Å². The Morgan fingerprint density at radius 1 is 0.947 bits per heavy atom. The van der Waals surface area contributed by atoms with E-state index in [-0.39, 0.29) is 5.91 Å². The topological polar surface area (TPSA) is 51.2 Å². The number of anilines is 3. The van der Waals surface area contributed by atoms with Gasteiger partial charge in [-0.15, -0.1) is 12.6 Å². The number of thiol groups is 1. The Balaban J connectivity index is 1.54. The molecule has 4 aromatic carbocycles. The minimum Gasteiger partial charge on any atom is -0.377 e. The van der Waals surface area contributed by atoms with Gasteiger partial charge in [-0.3, -0.25) is 9.79 Å². The van der Waals surface area contributed by atoms with Crippen LogP contribution in [-0.4, -0.2) is 56.4 Å². The summed E-state index contributed by atoms with van der Waals surface area (Å²) in [6.07, 6.45) is -0.816. The molecule has 1 aliphatic rings. The predicted octanol–water partition coefficient (Wildman–Crippen LogP) is 5.96. The number of likely N-dealkylation sites (N-methyl/N-ethyl adjacent to an activating group) is 2. The van der Waals surface area contributed by atoms with Gasteiger partial charge in [0.25, 0.3) is 5.91 Å². The minimum atomic E-state index is -0.816. The molecular formula is C30H30ClN5OS. The van der Waals surface area contributed by atoms with Gasteiger partial charge in [-0.1, -0.05) is 66.2 Å². The third kappa shape index (κ3) is 4.85. The van der Waals surface area contributed by atoms with E-state index in [4.69, 9.17) is 29.2 Å². The minimum absolute atomic E-state index is 0.157. The lowest BCUT2D eigenvalue weighted by atomic mass is 10.0. The summed E-state index contributed by atoms with van der Waals surface area (Å²) in [6.45, 7) is 0. The van der Waals surface area contributed by atoms with Crippen LogP contribution in [0.3, 0.4) is 0 Å². The lowest BCUT2D eigenvalue weighted by Crippen LogP contribution is -2.49. The van der Waals surface area contributed by atoms with Crippen molar-refractivity contribution in [1.29, 1.82) is 0 Å². The zero-order valence-electron chi connectivity index (χ0n) is 21.8. The fourth-order valence-corrected chi connectivity index (χ4v) is 5.23. The Kier molecular flexibility index (Phi) is 7.34. The van der Waals surface area contributed by atoms with Crippen molar-refractivity contribution in [2.45, 2.75) is 11.7 Å². The van der Waals surface area contributed by atoms with Gasteiger partial charge in [0.15, 0.2) is 6.17 Å². The van der Waals surface area contributed by atoms with Crippen molar-refractivity contribution >= 4 is 63.7 Å². The zero-order valence-corrected chi connectivity index (χ0v) is 23.4. The maximum Gasteiger partial charge on any atom is 0.266 e. The van der Waals surface area contributed by atoms with Crippen molar-refractivity contribution in [1.82, 2.24) is 4.90 Å². The molecule has 5 rings (SSSR count). The van der Waals surface area contributed by atoms with Crippen LogP contribution in [0.4, 0.5) is 17.1 Å². The van der Waals surface area contributed by atoms with Crippen LogP contribution >= 0.6 is 24.2 Å². The number of nitrogens with zero attached hydrogens (tertiary/aromatic N) is 4. The van der Waals surface area contributed by atoms with Gasteiger partial charge in [0.1, 0.15) is 5.50 Å². The molecule has 194 valence electrons. The molecule has 1 heterocycles. The first-order valence-electron chi connectivity index (χ1n) is 12.3. The van der Waals surface area contributed by atoms with Crippen molar-refractivity contribution < 1.29 is 4.79 Å². The molecule has 0 spiro atoms. The first-order chi connectivity index (χ1) is 18.3. The Morgan fingerprint density at radius 3 is 2.34 bits per heavy atom. The Bertz CT molecular complexity index is 1520. The molecule has 1 N–H and O–H groups in total. The Hall–Kier alpha value is -3.52. The molecule has 1 amide bonds. The first kappa shape index (κ1) is 26.1. The Labute approximate surface area is 233 Å². The first-order valence-corrected chi connectivity index (χ1v) is 13.2. The summed E-state index contributed by atoms with van der Waals surface area (Å²) in [4.78, 5) is 24.4. The molecule has 1 aliphatic heterocycles. The summed E-state index contributed by atoms with van der Waals surface area (Å²) in [6, 6.07) is 27.8. The van der Waals surface area contributed by atoms with Crippen LogP contribution in [0.2, 0.25) is 5.02 Å². The number of benzene rings is 4. The van der Waals surface area contributed by atoms with E-state index in [0.29, 0.717) is 10.7 Å². The summed E-state index contributed by atoms with van der Waals surface area (Å²) in [5.74, 6) is -0.157. The second kappa shape index (κ2) is 10.7. The average Bonchev–Trinajstić information content (AvgIpc) is 3.03. The van der Waals surface area contributed by atoms with Crippen LogP contribution in [-0.2, 0) is 4.79 Å². The molecule has 0 saturated carbocycles. The highest BCUT2D eigenvalue weighted by Gasteiger charge is 2.34. The molecule has 0 aromatic heterocycles. The number of fused-ring (bicyclic) bond motifs is 2. The van der Waals surface area contributed by atoms with Gasteiger partial charge in [-0.2, -0.15) is 0 Å². The lowest BCUT2D eigenvalue weighted by molar-refractivity contribution is -0.122. The Morgan fingerprint density at radius 2 is 1.63 bits per heavy atom. The van der Waals surface area contributed by atoms with Gasteiger partial charge >= 0.3 is 0 Å². The number of nitrogens with one attached hydrogen (secondary N) is 1. The van der Waals surface area contributed by atoms with Crippen LogP contribution < -0.4 is 15.1 Å². The highest BCUT2D eigenvalue weighted by molar-refractivity contribution is 7.81. The van der Waals surface area contributed by atoms with Crippen molar-refractivity contribution in [2.75, 3.05) is 43.3 Å². The van der Waals surface area contributed by atoms with Gasteiger partial charge < -0.3 is 15.1 Å². The monoisotopic (exact) mass is 543 g/mol. The van der Waals surface area contributed by atoms with E-state index >= 15 is 0 Å². The second-order valence-electron chi connectivity index (χ2n) is 9.53. The summed E-state index contributed by atoms with van der Waals surface area (Å²) >= 11 is 11.3. The molecule has 0 bridgehead atoms. The maximum absolute atomic E-state index is 13.8. The summed E-state index contributed by atoms with van der Waals surface area (Å²) in [7, 11) is 7.69. The van der Waals surface area contributed by atoms with Crippen molar-refractivity contribution in [2.24, 2.45) is 4.99 Å². The second-order valence-corrected chi connectivity index (χ2v) is 10.5. The van der Waals surface area contributed by atoms with Crippen LogP contribution in [0.5, 0.6) is 0 Å². The smallest absolute Gasteiger partial charge is 0.266 e. The number of hydrogen-bond donors (Lipinski definition) is 2. The molecular weight excluding hydrogens is 514 g/mol. The third-order valence-corrected chi connectivity index (χ3v) is 7.59. The number of aliphatic imine (C=N–C) groups is 1. The molecule has 2 atom stereocenters. The van der Waals surface area contributed by atoms with Crippen LogP contribution in [0.1, 0.15) is 11.1 Å². The van der Waals surface area contributed by atoms with Crippen molar-refractivity contribution in [3.63, 3.8) is 0 Å². The fourth-order valence-electron chi connectivity index (χ4n) is 4.79. The molecule has 0 fully saturated rings. The molecule has 6 nitrogen and oxygen atoms in total. The van der Waals surface area contributed by atoms with E-state index in [9.17, 15) is 4.79 Å². The van der Waals surface area contributed by atoms with Crippen molar-refractivity contribution in [3.8, 4) is 0 Å². The quantitative estimate of drug-likeness (QED) is 0.233. The number of halogens is 1. The highest BCUT2D eigenvalue weighted by atomic mass is 35.5. The average molecular weight is 544 g/mol. The van der Waals surface area contributed by atoms with E-state index in [0.717, 1.165) is 39.0 Å². The summed E-state index contributed by atoms with van der Waals surface area (Å²) < 4.78 is 0. The zero-order chi connectivity index (χ0) is 27.0. The molecule has 0 radical (unpaired) electrons. The molecule has 8 heteroatoms. The largest absolute Gasteiger partial charge is 0.377 e. The van der Waals surface area contributed by atoms with Gasteiger partial charge in [-0.05, 0) is 37.4 Å². The SMILES string of the molecule is CN(C)c1ccc(NC(S)N(C)C2N=C(c3ccccc3)c3cc(Cl)ccc3N(C)C2=O)c2ccccc12. The standard InChI is InChI=1S/C30H30ClN5OS/c1-34(2)25-17-15-24(21-12-8-9-13-22(21)25)32-30(38)36(4)28-29(37)35(3)26-16-14-20(31)18-23(26)27(33-28)19-10-6-5-7-11-19/h5-18,28,30,32,38H,1-4H3. The molecule has 0 aliphatic carbocycles.